The molecule has 0 saturated heterocycles. The Morgan fingerprint density at radius 3 is 0.607 bits per heavy atom. The van der Waals surface area contributed by atoms with E-state index in [1.807, 2.05) is 13.8 Å². The monoisotopic (exact) mass is 388 g/mol. The van der Waals surface area contributed by atoms with Crippen molar-refractivity contribution in [3.05, 3.63) is 0 Å². The van der Waals surface area contributed by atoms with Crippen molar-refractivity contribution in [3.63, 3.8) is 0 Å². The summed E-state index contributed by atoms with van der Waals surface area (Å²) < 4.78 is 0. The third-order valence-corrected chi connectivity index (χ3v) is 9.75. The van der Waals surface area contributed by atoms with Crippen molar-refractivity contribution in [3.8, 4) is 0 Å². The average molecular weight is 389 g/mol. The van der Waals surface area contributed by atoms with Crippen molar-refractivity contribution in [1.82, 2.24) is 0 Å². The SMILES string of the molecule is CC.CC1CCC(C2CCC(C3CCC(C4CCC(C)CC4)CC3)CC2)CC1. The molecule has 0 heteroatoms. The van der Waals surface area contributed by atoms with Gasteiger partial charge in [-0.15, -0.1) is 0 Å². The van der Waals surface area contributed by atoms with Gasteiger partial charge in [0.05, 0.1) is 0 Å². The summed E-state index contributed by atoms with van der Waals surface area (Å²) in [6.07, 6.45) is 25.0. The Labute approximate surface area is 178 Å². The second-order valence-corrected chi connectivity index (χ2v) is 11.4. The van der Waals surface area contributed by atoms with E-state index in [0.29, 0.717) is 0 Å². The standard InChI is InChI=1S/C26H46.C2H6/c1-19-3-7-21(8-4-19)23-11-15-25(16-12-23)26-17-13-24(14-18-26)22-9-5-20(2)6-10-22;1-2/h19-26H,3-18H2,1-2H3;1-2H3. The van der Waals surface area contributed by atoms with Crippen LogP contribution in [-0.4, -0.2) is 0 Å². The van der Waals surface area contributed by atoms with E-state index < -0.39 is 0 Å². The van der Waals surface area contributed by atoms with E-state index in [1.165, 1.54) is 25.7 Å². The van der Waals surface area contributed by atoms with Crippen LogP contribution in [0.25, 0.3) is 0 Å². The quantitative estimate of drug-likeness (QED) is 0.452. The number of rotatable bonds is 3. The summed E-state index contributed by atoms with van der Waals surface area (Å²) in [7, 11) is 0. The smallest absolute Gasteiger partial charge is 0.0386 e. The molecule has 0 unspecified atom stereocenters. The van der Waals surface area contributed by atoms with E-state index in [-0.39, 0.29) is 0 Å². The normalized spacial score (nSPS) is 45.0. The highest BCUT2D eigenvalue weighted by molar-refractivity contribution is 4.87. The summed E-state index contributed by atoms with van der Waals surface area (Å²) >= 11 is 0. The maximum absolute atomic E-state index is 2.47. The third-order valence-electron chi connectivity index (χ3n) is 9.75. The first-order valence-corrected chi connectivity index (χ1v) is 13.7. The minimum Gasteiger partial charge on any atom is -0.0683 e. The fourth-order valence-corrected chi connectivity index (χ4v) is 7.69. The van der Waals surface area contributed by atoms with Crippen LogP contribution in [0.15, 0.2) is 0 Å². The topological polar surface area (TPSA) is 0 Å². The molecule has 0 heterocycles. The highest BCUT2D eigenvalue weighted by atomic mass is 14.4. The second kappa shape index (κ2) is 11.4. The summed E-state index contributed by atoms with van der Waals surface area (Å²) in [5.41, 5.74) is 0. The number of hydrogen-bond donors (Lipinski definition) is 0. The molecule has 0 radical (unpaired) electrons. The van der Waals surface area contributed by atoms with Crippen LogP contribution in [0, 0.1) is 47.3 Å². The van der Waals surface area contributed by atoms with Gasteiger partial charge >= 0.3 is 0 Å². The molecule has 0 nitrogen and oxygen atoms in total. The maximum atomic E-state index is 2.47. The Kier molecular flexibility index (Phi) is 9.24. The zero-order chi connectivity index (χ0) is 19.9. The van der Waals surface area contributed by atoms with Crippen LogP contribution in [0.4, 0.5) is 0 Å². The van der Waals surface area contributed by atoms with E-state index in [4.69, 9.17) is 0 Å². The summed E-state index contributed by atoms with van der Waals surface area (Å²) in [4.78, 5) is 0. The van der Waals surface area contributed by atoms with Gasteiger partial charge in [-0.25, -0.2) is 0 Å². The maximum Gasteiger partial charge on any atom is -0.0386 e. The van der Waals surface area contributed by atoms with Crippen molar-refractivity contribution in [2.24, 2.45) is 47.3 Å². The van der Waals surface area contributed by atoms with Gasteiger partial charge in [0, 0.05) is 0 Å². The van der Waals surface area contributed by atoms with Crippen molar-refractivity contribution in [2.75, 3.05) is 0 Å². The molecule has 0 aromatic carbocycles. The van der Waals surface area contributed by atoms with Gasteiger partial charge in [-0.3, -0.25) is 0 Å². The molecule has 0 atom stereocenters. The predicted octanol–water partition coefficient (Wildman–Crippen LogP) is 9.28. The van der Waals surface area contributed by atoms with Gasteiger partial charge in [0.15, 0.2) is 0 Å². The molecular weight excluding hydrogens is 336 g/mol. The molecule has 4 rings (SSSR count). The van der Waals surface area contributed by atoms with Crippen LogP contribution in [0.1, 0.15) is 130 Å². The van der Waals surface area contributed by atoms with Gasteiger partial charge in [-0.2, -0.15) is 0 Å². The summed E-state index contributed by atoms with van der Waals surface area (Å²) in [5.74, 6) is 8.70. The minimum atomic E-state index is 1.02. The summed E-state index contributed by atoms with van der Waals surface area (Å²) in [6.45, 7) is 8.94. The molecule has 0 aromatic rings. The Balaban J connectivity index is 0.00000109. The van der Waals surface area contributed by atoms with E-state index in [1.54, 1.807) is 77.0 Å². The Morgan fingerprint density at radius 2 is 0.429 bits per heavy atom. The first kappa shape index (κ1) is 22.7. The first-order chi connectivity index (χ1) is 13.7. The van der Waals surface area contributed by atoms with Gasteiger partial charge in [0.2, 0.25) is 0 Å². The molecule has 0 spiro atoms. The molecule has 0 aromatic heterocycles. The van der Waals surface area contributed by atoms with Crippen LogP contribution in [0.5, 0.6) is 0 Å². The highest BCUT2D eigenvalue weighted by Crippen LogP contribution is 2.48. The Bertz CT molecular complexity index is 354. The summed E-state index contributed by atoms with van der Waals surface area (Å²) in [5, 5.41) is 0. The van der Waals surface area contributed by atoms with Crippen molar-refractivity contribution >= 4 is 0 Å². The minimum absolute atomic E-state index is 1.02. The Hall–Kier alpha value is 0. The van der Waals surface area contributed by atoms with Crippen LogP contribution in [0.3, 0.4) is 0 Å². The zero-order valence-electron chi connectivity index (χ0n) is 19.9. The molecule has 0 N–H and O–H groups in total. The van der Waals surface area contributed by atoms with Crippen LogP contribution in [0.2, 0.25) is 0 Å². The lowest BCUT2D eigenvalue weighted by atomic mass is 9.63. The largest absolute Gasteiger partial charge is 0.0683 e. The first-order valence-electron chi connectivity index (χ1n) is 13.7. The average Bonchev–Trinajstić information content (AvgIpc) is 2.77. The van der Waals surface area contributed by atoms with Gasteiger partial charge < -0.3 is 0 Å². The predicted molar refractivity (Wildman–Crippen MR) is 124 cm³/mol. The lowest BCUT2D eigenvalue weighted by Crippen LogP contribution is -2.31. The van der Waals surface area contributed by atoms with Crippen molar-refractivity contribution < 1.29 is 0 Å². The molecule has 164 valence electrons. The molecule has 4 saturated carbocycles. The lowest BCUT2D eigenvalue weighted by molar-refractivity contribution is 0.0876. The highest BCUT2D eigenvalue weighted by Gasteiger charge is 2.36. The molecule has 4 aliphatic rings. The van der Waals surface area contributed by atoms with E-state index >= 15 is 0 Å². The van der Waals surface area contributed by atoms with Gasteiger partial charge in [0.1, 0.15) is 0 Å². The van der Waals surface area contributed by atoms with Gasteiger partial charge in [0.25, 0.3) is 0 Å². The Morgan fingerprint density at radius 1 is 0.286 bits per heavy atom. The molecule has 28 heavy (non-hydrogen) atoms. The third kappa shape index (κ3) is 6.01. The van der Waals surface area contributed by atoms with E-state index in [9.17, 15) is 0 Å². The molecular formula is C28H52. The van der Waals surface area contributed by atoms with Crippen LogP contribution in [-0.2, 0) is 0 Å². The molecule has 4 fully saturated rings. The molecule has 0 aliphatic heterocycles. The fraction of sp³-hybridized carbons (Fsp3) is 1.00. The van der Waals surface area contributed by atoms with E-state index in [0.717, 1.165) is 47.3 Å². The van der Waals surface area contributed by atoms with Crippen LogP contribution >= 0.6 is 0 Å². The van der Waals surface area contributed by atoms with Gasteiger partial charge in [-0.1, -0.05) is 53.4 Å². The van der Waals surface area contributed by atoms with Crippen LogP contribution < -0.4 is 0 Å². The second-order valence-electron chi connectivity index (χ2n) is 11.4. The summed E-state index contributed by atoms with van der Waals surface area (Å²) in [6, 6.07) is 0. The van der Waals surface area contributed by atoms with Crippen molar-refractivity contribution in [1.29, 1.82) is 0 Å². The fourth-order valence-electron chi connectivity index (χ4n) is 7.69. The number of hydrogen-bond acceptors (Lipinski definition) is 0. The zero-order valence-corrected chi connectivity index (χ0v) is 19.9. The van der Waals surface area contributed by atoms with Crippen molar-refractivity contribution in [2.45, 2.75) is 130 Å². The van der Waals surface area contributed by atoms with Gasteiger partial charge in [-0.05, 0) is 124 Å². The molecule has 0 bridgehead atoms. The molecule has 4 aliphatic carbocycles. The molecule has 0 amide bonds. The lowest BCUT2D eigenvalue weighted by Gasteiger charge is -2.42. The van der Waals surface area contributed by atoms with E-state index in [2.05, 4.69) is 13.8 Å².